The zero-order valence-electron chi connectivity index (χ0n) is 26.3. The highest BCUT2D eigenvalue weighted by atomic mass is 16.3. The Morgan fingerprint density at radius 1 is 1.00 bits per heavy atom. The van der Waals surface area contributed by atoms with Crippen molar-refractivity contribution in [3.05, 3.63) is 82.3 Å². The van der Waals surface area contributed by atoms with Crippen molar-refractivity contribution in [3.63, 3.8) is 0 Å². The first kappa shape index (κ1) is 31.8. The number of fused-ring (bicyclic) bond motifs is 4. The van der Waals surface area contributed by atoms with Crippen LogP contribution in [0.5, 0.6) is 5.75 Å². The van der Waals surface area contributed by atoms with Crippen molar-refractivity contribution in [1.82, 2.24) is 10.2 Å². The maximum absolute atomic E-state index is 14.2. The minimum Gasteiger partial charge on any atom is -0.508 e. The lowest BCUT2D eigenvalue weighted by Crippen LogP contribution is -2.65. The number of hydrogen-bond acceptors (Lipinski definition) is 10. The van der Waals surface area contributed by atoms with Gasteiger partial charge in [-0.25, -0.2) is 4.79 Å². The second-order valence-corrected chi connectivity index (χ2v) is 13.0. The number of primary amides is 1. The van der Waals surface area contributed by atoms with Gasteiger partial charge in [0.05, 0.1) is 17.3 Å². The summed E-state index contributed by atoms with van der Waals surface area (Å²) in [7, 11) is 6.58. The van der Waals surface area contributed by atoms with Crippen LogP contribution in [0.1, 0.15) is 17.5 Å². The van der Waals surface area contributed by atoms with E-state index in [9.17, 15) is 39.6 Å². The molecule has 1 aromatic rings. The van der Waals surface area contributed by atoms with Gasteiger partial charge in [0, 0.05) is 48.8 Å². The molecule has 13 heteroatoms. The zero-order valence-corrected chi connectivity index (χ0v) is 26.3. The quantitative estimate of drug-likeness (QED) is 0.183. The summed E-state index contributed by atoms with van der Waals surface area (Å²) in [5.41, 5.74) is 2.99. The molecule has 5 aliphatic carbocycles. The Hall–Kier alpha value is -5.14. The molecular formula is C34H37N5O8. The molecule has 1 aromatic carbocycles. The van der Waals surface area contributed by atoms with Crippen molar-refractivity contribution in [2.45, 2.75) is 24.5 Å². The van der Waals surface area contributed by atoms with Crippen LogP contribution in [0, 0.1) is 23.7 Å². The molecule has 3 amide bonds. The Balaban J connectivity index is 1.42. The number of Topliss-reactive ketones (excluding diaryl/α,β-unsaturated/α-hetero) is 2. The molecule has 1 fully saturated rings. The Kier molecular flexibility index (Phi) is 7.64. The number of likely N-dealkylation sites (N-methyl/N-ethyl adjacent to an activating group) is 1. The number of aliphatic hydroxyl groups is 3. The van der Waals surface area contributed by atoms with E-state index in [1.54, 1.807) is 45.2 Å². The molecule has 246 valence electrons. The Labute approximate surface area is 270 Å². The fourth-order valence-electron chi connectivity index (χ4n) is 7.71. The SMILES string of the molecule is CN(C)c1cc(NC(=O)NC2=CC=CC3C=CC=CC23)c(O)c2c1C[C@H]1C[C@H]3[C@H](N(C)C)C(=O)C(C(N)=O)=C(O)[C@@]3(O)C(=O)C1=C2O. The number of benzene rings is 1. The monoisotopic (exact) mass is 643 g/mol. The number of rotatable bonds is 5. The molecule has 6 atom stereocenters. The first-order chi connectivity index (χ1) is 22.2. The molecule has 0 saturated heterocycles. The third-order valence-electron chi connectivity index (χ3n) is 9.83. The van der Waals surface area contributed by atoms with Gasteiger partial charge in [-0.15, -0.1) is 0 Å². The standard InChI is InChI=1S/C34H37N5O8/c1-38(2)22-14-21(37-33(46)36-20-11-7-9-15-8-5-6-10-17(15)20)27(40)24-18(22)12-16-13-19-26(39(3)4)29(42)25(32(35)45)31(44)34(19,47)30(43)23(16)28(24)41/h5-11,14-17,19,26,40-41,44,47H,12-13H2,1-4H3,(H2,35,45)(H2,36,37,46)/t15?,16-,17?,19-,26-,34-/m0/s1. The smallest absolute Gasteiger partial charge is 0.323 e. The zero-order chi connectivity index (χ0) is 34.1. The number of hydrogen-bond donors (Lipinski definition) is 7. The van der Waals surface area contributed by atoms with Crippen LogP contribution in [0.25, 0.3) is 5.76 Å². The molecule has 0 spiro atoms. The fraction of sp³-hybridized carbons (Fsp3) is 0.353. The van der Waals surface area contributed by atoms with Crippen LogP contribution in [0.2, 0.25) is 0 Å². The molecule has 0 aliphatic heterocycles. The van der Waals surface area contributed by atoms with Gasteiger partial charge in [-0.1, -0.05) is 36.5 Å². The maximum atomic E-state index is 14.2. The van der Waals surface area contributed by atoms with Gasteiger partial charge in [-0.2, -0.15) is 0 Å². The first-order valence-corrected chi connectivity index (χ1v) is 15.2. The number of carbonyl (C=O) groups is 4. The summed E-state index contributed by atoms with van der Waals surface area (Å²) >= 11 is 0. The van der Waals surface area contributed by atoms with Crippen LogP contribution < -0.4 is 21.3 Å². The minimum absolute atomic E-state index is 0.0306. The van der Waals surface area contributed by atoms with Crippen molar-refractivity contribution < 1.29 is 39.6 Å². The van der Waals surface area contributed by atoms with E-state index in [1.807, 2.05) is 36.5 Å². The van der Waals surface area contributed by atoms with E-state index in [2.05, 4.69) is 10.6 Å². The topological polar surface area (TPSA) is 206 Å². The molecule has 1 saturated carbocycles. The molecular weight excluding hydrogens is 606 g/mol. The Morgan fingerprint density at radius 3 is 2.34 bits per heavy atom. The van der Waals surface area contributed by atoms with Crippen LogP contribution in [0.3, 0.4) is 0 Å². The van der Waals surface area contributed by atoms with Crippen LogP contribution in [0.15, 0.2) is 71.2 Å². The number of nitrogens with zero attached hydrogens (tertiary/aromatic N) is 2. The van der Waals surface area contributed by atoms with E-state index in [1.165, 1.54) is 4.90 Å². The molecule has 13 nitrogen and oxygen atoms in total. The van der Waals surface area contributed by atoms with Gasteiger partial charge in [0.2, 0.25) is 5.78 Å². The molecule has 8 N–H and O–H groups in total. The number of allylic oxidation sites excluding steroid dienone is 7. The number of aliphatic hydroxyl groups excluding tert-OH is 2. The third kappa shape index (κ3) is 4.76. The van der Waals surface area contributed by atoms with E-state index >= 15 is 0 Å². The normalized spacial score (nSPS) is 29.1. The summed E-state index contributed by atoms with van der Waals surface area (Å²) in [5, 5.41) is 51.6. The van der Waals surface area contributed by atoms with E-state index in [0.717, 1.165) is 0 Å². The lowest BCUT2D eigenvalue weighted by molar-refractivity contribution is -0.153. The first-order valence-electron chi connectivity index (χ1n) is 15.2. The number of carbonyl (C=O) groups excluding carboxylic acids is 4. The molecule has 2 unspecified atom stereocenters. The highest BCUT2D eigenvalue weighted by molar-refractivity contribution is 6.24. The van der Waals surface area contributed by atoms with Gasteiger partial charge in [0.25, 0.3) is 5.91 Å². The van der Waals surface area contributed by atoms with E-state index in [4.69, 9.17) is 5.73 Å². The lowest BCUT2D eigenvalue weighted by Gasteiger charge is -2.50. The summed E-state index contributed by atoms with van der Waals surface area (Å²) in [6.07, 6.45) is 13.6. The van der Waals surface area contributed by atoms with Crippen molar-refractivity contribution in [1.29, 1.82) is 0 Å². The molecule has 5 aliphatic rings. The summed E-state index contributed by atoms with van der Waals surface area (Å²) < 4.78 is 0. The largest absolute Gasteiger partial charge is 0.508 e. The van der Waals surface area contributed by atoms with Gasteiger partial charge in [-0.05, 0) is 50.6 Å². The predicted octanol–water partition coefficient (Wildman–Crippen LogP) is 1.96. The van der Waals surface area contributed by atoms with Gasteiger partial charge >= 0.3 is 6.03 Å². The van der Waals surface area contributed by atoms with Crippen molar-refractivity contribution in [2.75, 3.05) is 38.4 Å². The number of nitrogens with two attached hydrogens (primary N) is 1. The molecule has 47 heavy (non-hydrogen) atoms. The molecule has 0 aromatic heterocycles. The number of amides is 3. The van der Waals surface area contributed by atoms with Gasteiger partial charge in [-0.3, -0.25) is 19.3 Å². The van der Waals surface area contributed by atoms with Crippen LogP contribution in [0.4, 0.5) is 16.2 Å². The Morgan fingerprint density at radius 2 is 1.68 bits per heavy atom. The Bertz CT molecular complexity index is 1820. The number of phenolic OH excluding ortho intramolecular Hbond substituents is 1. The predicted molar refractivity (Wildman–Crippen MR) is 173 cm³/mol. The summed E-state index contributed by atoms with van der Waals surface area (Å²) in [6.45, 7) is 0. The molecule has 6 rings (SSSR count). The van der Waals surface area contributed by atoms with Crippen molar-refractivity contribution in [3.8, 4) is 5.75 Å². The summed E-state index contributed by atoms with van der Waals surface area (Å²) in [4.78, 5) is 56.2. The number of aromatic hydroxyl groups is 1. The summed E-state index contributed by atoms with van der Waals surface area (Å²) in [6, 6.07) is -0.255. The third-order valence-corrected chi connectivity index (χ3v) is 9.83. The minimum atomic E-state index is -2.75. The maximum Gasteiger partial charge on any atom is 0.323 e. The van der Waals surface area contributed by atoms with Gasteiger partial charge in [0.1, 0.15) is 17.1 Å². The average molecular weight is 644 g/mol. The summed E-state index contributed by atoms with van der Waals surface area (Å²) in [5.74, 6) is -7.44. The van der Waals surface area contributed by atoms with Crippen molar-refractivity contribution in [2.24, 2.45) is 29.4 Å². The van der Waals surface area contributed by atoms with Crippen LogP contribution in [-0.2, 0) is 20.8 Å². The molecule has 0 bridgehead atoms. The lowest BCUT2D eigenvalue weighted by atomic mass is 9.57. The highest BCUT2D eigenvalue weighted by Gasteiger charge is 2.64. The number of urea groups is 1. The number of nitrogens with one attached hydrogen (secondary N) is 2. The van der Waals surface area contributed by atoms with E-state index in [0.29, 0.717) is 16.9 Å². The van der Waals surface area contributed by atoms with E-state index in [-0.39, 0.29) is 41.5 Å². The molecule has 0 heterocycles. The van der Waals surface area contributed by atoms with Crippen LogP contribution in [-0.4, -0.2) is 88.7 Å². The number of phenols is 1. The number of anilines is 2. The fourth-order valence-corrected chi connectivity index (χ4v) is 7.71. The van der Waals surface area contributed by atoms with Crippen LogP contribution >= 0.6 is 0 Å². The van der Waals surface area contributed by atoms with E-state index < -0.39 is 69.8 Å². The second-order valence-electron chi connectivity index (χ2n) is 13.0. The second kappa shape index (κ2) is 11.3. The highest BCUT2D eigenvalue weighted by Crippen LogP contribution is 2.54. The van der Waals surface area contributed by atoms with Crippen molar-refractivity contribution >= 4 is 40.6 Å². The van der Waals surface area contributed by atoms with Gasteiger partial charge < -0.3 is 41.7 Å². The molecule has 0 radical (unpaired) electrons. The average Bonchev–Trinajstić information content (AvgIpc) is 3.00. The number of ketones is 2. The van der Waals surface area contributed by atoms with Gasteiger partial charge in [0.15, 0.2) is 17.1 Å².